The van der Waals surface area contributed by atoms with Crippen LogP contribution in [0.5, 0.6) is 0 Å². The van der Waals surface area contributed by atoms with Crippen molar-refractivity contribution in [1.82, 2.24) is 25.1 Å². The molecule has 8 nitrogen and oxygen atoms in total. The number of tetrazole rings is 1. The van der Waals surface area contributed by atoms with Crippen molar-refractivity contribution in [1.29, 1.82) is 0 Å². The molecule has 0 bridgehead atoms. The molecular formula is C23H24FN7O. The van der Waals surface area contributed by atoms with Gasteiger partial charge in [-0.1, -0.05) is 18.2 Å². The summed E-state index contributed by atoms with van der Waals surface area (Å²) in [4.78, 5) is 17.4. The van der Waals surface area contributed by atoms with E-state index in [1.165, 1.54) is 22.0 Å². The zero-order chi connectivity index (χ0) is 21.7. The van der Waals surface area contributed by atoms with Crippen molar-refractivity contribution >= 4 is 17.4 Å². The summed E-state index contributed by atoms with van der Waals surface area (Å²) in [7, 11) is 0. The summed E-state index contributed by atoms with van der Waals surface area (Å²) >= 11 is 0. The first-order valence-corrected chi connectivity index (χ1v) is 11.2. The summed E-state index contributed by atoms with van der Waals surface area (Å²) in [6, 6.07) is 13.1. The van der Waals surface area contributed by atoms with Gasteiger partial charge in [-0.05, 0) is 65.9 Å². The third-order valence-electron chi connectivity index (χ3n) is 6.60. The lowest BCUT2D eigenvalue weighted by atomic mass is 10.1. The number of benzene rings is 2. The first-order chi connectivity index (χ1) is 15.7. The Morgan fingerprint density at radius 2 is 1.97 bits per heavy atom. The van der Waals surface area contributed by atoms with Crippen LogP contribution in [0.1, 0.15) is 36.6 Å². The van der Waals surface area contributed by atoms with Crippen molar-refractivity contribution in [3.05, 3.63) is 59.7 Å². The van der Waals surface area contributed by atoms with Crippen LogP contribution in [0.3, 0.4) is 0 Å². The highest BCUT2D eigenvalue weighted by molar-refractivity contribution is 5.89. The smallest absolute Gasteiger partial charge is 0.321 e. The van der Waals surface area contributed by atoms with Gasteiger partial charge in [-0.25, -0.2) is 9.18 Å². The number of hydrogen-bond acceptors (Lipinski definition) is 5. The second-order valence-electron chi connectivity index (χ2n) is 8.80. The van der Waals surface area contributed by atoms with Crippen LogP contribution in [0, 0.1) is 5.82 Å². The van der Waals surface area contributed by atoms with Crippen LogP contribution in [0.2, 0.25) is 0 Å². The zero-order valence-corrected chi connectivity index (χ0v) is 17.6. The minimum absolute atomic E-state index is 0.167. The molecular weight excluding hydrogens is 409 g/mol. The largest absolute Gasteiger partial charge is 0.366 e. The molecule has 3 aliphatic rings. The highest BCUT2D eigenvalue weighted by atomic mass is 19.1. The SMILES string of the molecule is O=C(Nc1ccc(F)c(-n2nnnc2C2CC2)c1)N1CCCN2c3ccccc3CC2C1. The molecule has 2 amide bonds. The molecule has 2 fully saturated rings. The molecule has 164 valence electrons. The number of anilines is 2. The summed E-state index contributed by atoms with van der Waals surface area (Å²) in [6.45, 7) is 2.29. The maximum atomic E-state index is 14.6. The average Bonchev–Trinajstić information content (AvgIpc) is 3.49. The van der Waals surface area contributed by atoms with Crippen LogP contribution in [-0.4, -0.2) is 56.8 Å². The van der Waals surface area contributed by atoms with E-state index in [9.17, 15) is 9.18 Å². The van der Waals surface area contributed by atoms with E-state index in [-0.39, 0.29) is 23.7 Å². The van der Waals surface area contributed by atoms with E-state index in [4.69, 9.17) is 0 Å². The number of nitrogens with zero attached hydrogens (tertiary/aromatic N) is 6. The predicted octanol–water partition coefficient (Wildman–Crippen LogP) is 3.35. The molecule has 0 spiro atoms. The molecule has 1 unspecified atom stereocenters. The van der Waals surface area contributed by atoms with Gasteiger partial charge in [0.05, 0.1) is 6.04 Å². The highest BCUT2D eigenvalue weighted by Crippen LogP contribution is 2.39. The van der Waals surface area contributed by atoms with Gasteiger partial charge in [0.15, 0.2) is 5.82 Å². The first kappa shape index (κ1) is 19.2. The van der Waals surface area contributed by atoms with Crippen molar-refractivity contribution in [2.24, 2.45) is 0 Å². The van der Waals surface area contributed by atoms with Crippen molar-refractivity contribution in [3.63, 3.8) is 0 Å². The maximum Gasteiger partial charge on any atom is 0.321 e. The van der Waals surface area contributed by atoms with E-state index in [1.807, 2.05) is 4.90 Å². The summed E-state index contributed by atoms with van der Waals surface area (Å²) in [6.07, 6.45) is 3.87. The Hall–Kier alpha value is -3.49. The molecule has 0 radical (unpaired) electrons. The number of amides is 2. The lowest BCUT2D eigenvalue weighted by Gasteiger charge is -2.27. The fourth-order valence-corrected chi connectivity index (χ4v) is 4.87. The van der Waals surface area contributed by atoms with Gasteiger partial charge >= 0.3 is 6.03 Å². The van der Waals surface area contributed by atoms with E-state index >= 15 is 0 Å². The Bertz CT molecular complexity index is 1170. The van der Waals surface area contributed by atoms with Gasteiger partial charge < -0.3 is 15.1 Å². The standard InChI is InChI=1S/C23H24FN7O/c24-19-9-8-17(13-21(19)31-22(15-6-7-15)26-27-28-31)25-23(32)29-10-3-11-30-18(14-29)12-16-4-1-2-5-20(16)30/h1-2,4-5,8-9,13,15,18H,3,6-7,10-12,14H2,(H,25,32). The van der Waals surface area contributed by atoms with Crippen LogP contribution in [0.15, 0.2) is 42.5 Å². The molecule has 1 aliphatic carbocycles. The second-order valence-corrected chi connectivity index (χ2v) is 8.80. The summed E-state index contributed by atoms with van der Waals surface area (Å²) < 4.78 is 16.0. The van der Waals surface area contributed by atoms with E-state index in [1.54, 1.807) is 12.1 Å². The van der Waals surface area contributed by atoms with Crippen LogP contribution in [0.4, 0.5) is 20.6 Å². The number of carbonyl (C=O) groups excluding carboxylic acids is 1. The number of carbonyl (C=O) groups is 1. The highest BCUT2D eigenvalue weighted by Gasteiger charge is 2.34. The molecule has 2 aromatic carbocycles. The number of nitrogens with one attached hydrogen (secondary N) is 1. The third kappa shape index (κ3) is 3.37. The molecule has 1 saturated carbocycles. The normalized spacial score (nSPS) is 20.0. The van der Waals surface area contributed by atoms with Crippen molar-refractivity contribution in [2.45, 2.75) is 37.6 Å². The molecule has 1 atom stereocenters. The quantitative estimate of drug-likeness (QED) is 0.685. The molecule has 9 heteroatoms. The fourth-order valence-electron chi connectivity index (χ4n) is 4.87. The molecule has 1 saturated heterocycles. The lowest BCUT2D eigenvalue weighted by Crippen LogP contribution is -2.43. The third-order valence-corrected chi connectivity index (χ3v) is 6.60. The summed E-state index contributed by atoms with van der Waals surface area (Å²) in [5.41, 5.74) is 3.41. The summed E-state index contributed by atoms with van der Waals surface area (Å²) in [5, 5.41) is 14.7. The van der Waals surface area contributed by atoms with Crippen LogP contribution >= 0.6 is 0 Å². The van der Waals surface area contributed by atoms with Gasteiger partial charge in [0.2, 0.25) is 0 Å². The Labute approximate surface area is 185 Å². The summed E-state index contributed by atoms with van der Waals surface area (Å²) in [5.74, 6) is 0.519. The molecule has 32 heavy (non-hydrogen) atoms. The van der Waals surface area contributed by atoms with E-state index in [2.05, 4.69) is 50.0 Å². The van der Waals surface area contributed by atoms with E-state index in [0.29, 0.717) is 24.6 Å². The average molecular weight is 433 g/mol. The first-order valence-electron chi connectivity index (χ1n) is 11.2. The van der Waals surface area contributed by atoms with Crippen LogP contribution in [-0.2, 0) is 6.42 Å². The van der Waals surface area contributed by atoms with Crippen LogP contribution in [0.25, 0.3) is 5.69 Å². The number of aromatic nitrogens is 4. The predicted molar refractivity (Wildman–Crippen MR) is 118 cm³/mol. The van der Waals surface area contributed by atoms with Gasteiger partial charge in [-0.2, -0.15) is 4.68 Å². The van der Waals surface area contributed by atoms with Crippen molar-refractivity contribution < 1.29 is 9.18 Å². The number of rotatable bonds is 3. The Morgan fingerprint density at radius 3 is 2.84 bits per heavy atom. The number of para-hydroxylation sites is 1. The van der Waals surface area contributed by atoms with Crippen molar-refractivity contribution in [2.75, 3.05) is 29.9 Å². The molecule has 2 aliphatic heterocycles. The molecule has 1 aromatic heterocycles. The Kier molecular flexibility index (Phi) is 4.55. The monoisotopic (exact) mass is 433 g/mol. The molecule has 3 heterocycles. The zero-order valence-electron chi connectivity index (χ0n) is 17.6. The minimum Gasteiger partial charge on any atom is -0.366 e. The van der Waals surface area contributed by atoms with Gasteiger partial charge in [-0.15, -0.1) is 5.10 Å². The van der Waals surface area contributed by atoms with Gasteiger partial charge in [0, 0.05) is 36.9 Å². The van der Waals surface area contributed by atoms with E-state index < -0.39 is 5.82 Å². The topological polar surface area (TPSA) is 79.2 Å². The lowest BCUT2D eigenvalue weighted by molar-refractivity contribution is 0.211. The number of hydrogen-bond donors (Lipinski definition) is 1. The number of halogens is 1. The minimum atomic E-state index is -0.425. The van der Waals surface area contributed by atoms with E-state index in [0.717, 1.165) is 32.2 Å². The molecule has 6 rings (SSSR count). The van der Waals surface area contributed by atoms with Gasteiger partial charge in [0.25, 0.3) is 0 Å². The maximum absolute atomic E-state index is 14.6. The molecule has 3 aromatic rings. The van der Waals surface area contributed by atoms with Crippen molar-refractivity contribution in [3.8, 4) is 5.69 Å². The Balaban J connectivity index is 1.19. The Morgan fingerprint density at radius 1 is 1.09 bits per heavy atom. The van der Waals surface area contributed by atoms with Gasteiger partial charge in [-0.3, -0.25) is 0 Å². The second kappa shape index (κ2) is 7.58. The van der Waals surface area contributed by atoms with Gasteiger partial charge in [0.1, 0.15) is 11.5 Å². The molecule has 1 N–H and O–H groups in total. The van der Waals surface area contributed by atoms with Crippen LogP contribution < -0.4 is 10.2 Å². The number of urea groups is 1. The fraction of sp³-hybridized carbons (Fsp3) is 0.391. The number of fused-ring (bicyclic) bond motifs is 3.